The third kappa shape index (κ3) is 4.87. The lowest BCUT2D eigenvalue weighted by atomic mass is 9.88. The first-order valence-corrected chi connectivity index (χ1v) is 10.6. The highest BCUT2D eigenvalue weighted by Crippen LogP contribution is 2.32. The molecule has 0 saturated carbocycles. The van der Waals surface area contributed by atoms with Crippen LogP contribution < -0.4 is 10.1 Å². The molecule has 3 N–H and O–H groups in total. The third-order valence-electron chi connectivity index (χ3n) is 4.95. The first kappa shape index (κ1) is 23.3. The predicted octanol–water partition coefficient (Wildman–Crippen LogP) is 1.27. The predicted molar refractivity (Wildman–Crippen MR) is 119 cm³/mol. The van der Waals surface area contributed by atoms with E-state index >= 15 is 0 Å². The Morgan fingerprint density at radius 2 is 2.03 bits per heavy atom. The van der Waals surface area contributed by atoms with E-state index in [-0.39, 0.29) is 37.7 Å². The Hall–Kier alpha value is -3.90. The van der Waals surface area contributed by atoms with Crippen molar-refractivity contribution in [2.24, 2.45) is 0 Å². The fraction of sp³-hybridized carbons (Fsp3) is 0.364. The van der Waals surface area contributed by atoms with Crippen LogP contribution in [-0.2, 0) is 18.6 Å². The second kappa shape index (κ2) is 9.53. The fourth-order valence-electron chi connectivity index (χ4n) is 3.17. The van der Waals surface area contributed by atoms with Crippen LogP contribution in [0.4, 0.5) is 0 Å². The molecule has 34 heavy (non-hydrogen) atoms. The molecule has 0 aliphatic heterocycles. The highest BCUT2D eigenvalue weighted by Gasteiger charge is 2.24. The Kier molecular flexibility index (Phi) is 6.52. The van der Waals surface area contributed by atoms with Gasteiger partial charge < -0.3 is 24.8 Å². The minimum Gasteiger partial charge on any atom is -0.470 e. The van der Waals surface area contributed by atoms with Crippen molar-refractivity contribution in [1.82, 2.24) is 35.3 Å². The van der Waals surface area contributed by atoms with E-state index in [0.717, 1.165) is 5.56 Å². The van der Waals surface area contributed by atoms with Crippen LogP contribution in [0.2, 0.25) is 0 Å². The molecule has 0 saturated heterocycles. The van der Waals surface area contributed by atoms with Gasteiger partial charge in [-0.15, -0.1) is 15.3 Å². The molecule has 0 atom stereocenters. The number of aliphatic hydroxyl groups is 2. The molecule has 0 spiro atoms. The Balaban J connectivity index is 1.61. The van der Waals surface area contributed by atoms with Gasteiger partial charge in [-0.25, -0.2) is 0 Å². The minimum absolute atomic E-state index is 0.121. The maximum absolute atomic E-state index is 12.0. The SMILES string of the molecule is CC(C)(C)c1cc2nnc(-c3cc(CO)on3)n2nc1OCc1ccc(C(=O)NCCO)cn1. The van der Waals surface area contributed by atoms with Gasteiger partial charge in [0.1, 0.15) is 13.2 Å². The molecular formula is C22H25N7O5. The van der Waals surface area contributed by atoms with E-state index < -0.39 is 0 Å². The molecule has 4 heterocycles. The lowest BCUT2D eigenvalue weighted by Crippen LogP contribution is -2.26. The van der Waals surface area contributed by atoms with Crippen LogP contribution in [0.15, 0.2) is 35.0 Å². The number of nitrogens with zero attached hydrogens (tertiary/aromatic N) is 6. The Labute approximate surface area is 194 Å². The quantitative estimate of drug-likeness (QED) is 0.344. The van der Waals surface area contributed by atoms with Crippen molar-refractivity contribution in [2.45, 2.75) is 39.4 Å². The molecule has 0 bridgehead atoms. The highest BCUT2D eigenvalue weighted by atomic mass is 16.5. The van der Waals surface area contributed by atoms with Crippen molar-refractivity contribution in [1.29, 1.82) is 0 Å². The summed E-state index contributed by atoms with van der Waals surface area (Å²) in [7, 11) is 0. The van der Waals surface area contributed by atoms with E-state index in [0.29, 0.717) is 40.1 Å². The summed E-state index contributed by atoms with van der Waals surface area (Å²) in [6.07, 6.45) is 1.45. The molecule has 0 aliphatic rings. The Morgan fingerprint density at radius 3 is 2.68 bits per heavy atom. The fourth-order valence-corrected chi connectivity index (χ4v) is 3.17. The van der Waals surface area contributed by atoms with Gasteiger partial charge in [0.15, 0.2) is 17.1 Å². The van der Waals surface area contributed by atoms with Gasteiger partial charge in [0.05, 0.1) is 17.9 Å². The third-order valence-corrected chi connectivity index (χ3v) is 4.95. The minimum atomic E-state index is -0.312. The number of aromatic nitrogens is 6. The van der Waals surface area contributed by atoms with E-state index in [1.54, 1.807) is 18.2 Å². The molecule has 4 rings (SSSR count). The molecule has 178 valence electrons. The van der Waals surface area contributed by atoms with Gasteiger partial charge in [-0.3, -0.25) is 9.78 Å². The van der Waals surface area contributed by atoms with Crippen LogP contribution in [0.5, 0.6) is 5.88 Å². The average molecular weight is 467 g/mol. The van der Waals surface area contributed by atoms with Crippen LogP contribution in [0.1, 0.15) is 48.1 Å². The van der Waals surface area contributed by atoms with Crippen molar-refractivity contribution in [2.75, 3.05) is 13.2 Å². The zero-order chi connectivity index (χ0) is 24.3. The van der Waals surface area contributed by atoms with Gasteiger partial charge >= 0.3 is 0 Å². The molecule has 1 amide bonds. The van der Waals surface area contributed by atoms with E-state index in [1.807, 2.05) is 26.8 Å². The van der Waals surface area contributed by atoms with Crippen molar-refractivity contribution in [3.05, 3.63) is 53.0 Å². The number of nitrogens with one attached hydrogen (secondary N) is 1. The number of amides is 1. The van der Waals surface area contributed by atoms with E-state index in [1.165, 1.54) is 10.7 Å². The summed E-state index contributed by atoms with van der Waals surface area (Å²) in [5, 5.41) is 37.6. The first-order chi connectivity index (χ1) is 16.3. The lowest BCUT2D eigenvalue weighted by molar-refractivity contribution is 0.0944. The molecule has 0 fully saturated rings. The number of pyridine rings is 1. The molecule has 0 aliphatic carbocycles. The van der Waals surface area contributed by atoms with E-state index in [4.69, 9.17) is 14.4 Å². The Morgan fingerprint density at radius 1 is 1.21 bits per heavy atom. The zero-order valence-electron chi connectivity index (χ0n) is 19.0. The average Bonchev–Trinajstić information content (AvgIpc) is 3.46. The van der Waals surface area contributed by atoms with Crippen LogP contribution >= 0.6 is 0 Å². The highest BCUT2D eigenvalue weighted by molar-refractivity contribution is 5.93. The second-order valence-corrected chi connectivity index (χ2v) is 8.55. The summed E-state index contributed by atoms with van der Waals surface area (Å²) >= 11 is 0. The molecule has 0 radical (unpaired) electrons. The molecule has 12 heteroatoms. The van der Waals surface area contributed by atoms with Gasteiger partial charge in [-0.1, -0.05) is 25.9 Å². The normalized spacial score (nSPS) is 11.7. The summed E-state index contributed by atoms with van der Waals surface area (Å²) < 4.78 is 12.6. The topological polar surface area (TPSA) is 161 Å². The van der Waals surface area contributed by atoms with Gasteiger partial charge in [0.25, 0.3) is 5.91 Å². The summed E-state index contributed by atoms with van der Waals surface area (Å²) in [6.45, 7) is 5.99. The van der Waals surface area contributed by atoms with Crippen LogP contribution in [0.25, 0.3) is 17.2 Å². The molecule has 4 aromatic rings. The van der Waals surface area contributed by atoms with Crippen LogP contribution in [0, 0.1) is 0 Å². The summed E-state index contributed by atoms with van der Waals surface area (Å²) in [5.41, 5.74) is 2.42. The number of aliphatic hydroxyl groups excluding tert-OH is 2. The maximum Gasteiger partial charge on any atom is 0.252 e. The lowest BCUT2D eigenvalue weighted by Gasteiger charge is -2.21. The van der Waals surface area contributed by atoms with Crippen molar-refractivity contribution in [3.8, 4) is 17.4 Å². The van der Waals surface area contributed by atoms with E-state index in [9.17, 15) is 9.90 Å². The number of rotatable bonds is 8. The summed E-state index contributed by atoms with van der Waals surface area (Å²) in [4.78, 5) is 16.3. The molecule has 0 aromatic carbocycles. The smallest absolute Gasteiger partial charge is 0.252 e. The molecular weight excluding hydrogens is 442 g/mol. The van der Waals surface area contributed by atoms with Crippen LogP contribution in [-0.4, -0.2) is 59.2 Å². The number of hydrogen-bond acceptors (Lipinski definition) is 10. The summed E-state index contributed by atoms with van der Waals surface area (Å²) in [6, 6.07) is 6.76. The monoisotopic (exact) mass is 467 g/mol. The van der Waals surface area contributed by atoms with Crippen molar-refractivity contribution in [3.63, 3.8) is 0 Å². The number of ether oxygens (including phenoxy) is 1. The largest absolute Gasteiger partial charge is 0.470 e. The second-order valence-electron chi connectivity index (χ2n) is 8.55. The number of fused-ring (bicyclic) bond motifs is 1. The molecule has 4 aromatic heterocycles. The molecule has 12 nitrogen and oxygen atoms in total. The zero-order valence-corrected chi connectivity index (χ0v) is 19.0. The number of carbonyl (C=O) groups excluding carboxylic acids is 1. The van der Waals surface area contributed by atoms with Crippen molar-refractivity contribution < 1.29 is 24.3 Å². The van der Waals surface area contributed by atoms with E-state index in [2.05, 4.69) is 30.8 Å². The summed E-state index contributed by atoms with van der Waals surface area (Å²) in [5.74, 6) is 0.709. The first-order valence-electron chi connectivity index (χ1n) is 10.6. The van der Waals surface area contributed by atoms with Gasteiger partial charge in [0, 0.05) is 24.4 Å². The number of carbonyl (C=O) groups is 1. The van der Waals surface area contributed by atoms with Crippen molar-refractivity contribution >= 4 is 11.6 Å². The number of hydrogen-bond donors (Lipinski definition) is 3. The standard InChI is InChI=1S/C22H25N7O5/c1-22(2,3)16-9-18-25-26-19(17-8-15(11-31)34-28-17)29(18)27-21(16)33-12-14-5-4-13(10-24-14)20(32)23-6-7-30/h4-5,8-10,30-31H,6-7,11-12H2,1-3H3,(H,23,32). The van der Waals surface area contributed by atoms with Gasteiger partial charge in [0.2, 0.25) is 11.7 Å². The van der Waals surface area contributed by atoms with Crippen LogP contribution in [0.3, 0.4) is 0 Å². The maximum atomic E-state index is 12.0. The van der Waals surface area contributed by atoms with Gasteiger partial charge in [-0.05, 0) is 23.6 Å². The Bertz CT molecular complexity index is 1290. The molecule has 0 unspecified atom stereocenters. The van der Waals surface area contributed by atoms with Gasteiger partial charge in [-0.2, -0.15) is 4.52 Å².